The molecule has 0 bridgehead atoms. The highest BCUT2D eigenvalue weighted by Gasteiger charge is 2.31. The maximum absolute atomic E-state index is 13.2. The second-order valence-corrected chi connectivity index (χ2v) is 11.8. The molecule has 3 aromatic heterocycles. The summed E-state index contributed by atoms with van der Waals surface area (Å²) in [5.74, 6) is 2.01. The number of hydrogen-bond acceptors (Lipinski definition) is 6. The lowest BCUT2D eigenvalue weighted by molar-refractivity contribution is -0.119. The van der Waals surface area contributed by atoms with Crippen LogP contribution in [0.15, 0.2) is 30.3 Å². The van der Waals surface area contributed by atoms with Crippen molar-refractivity contribution in [1.29, 1.82) is 0 Å². The van der Waals surface area contributed by atoms with Crippen molar-refractivity contribution in [3.8, 4) is 17.3 Å². The highest BCUT2D eigenvalue weighted by molar-refractivity contribution is 5.99. The Balaban J connectivity index is 1.31. The highest BCUT2D eigenvalue weighted by atomic mass is 19.1. The number of nitrogens with zero attached hydrogens (tertiary/aromatic N) is 4. The van der Waals surface area contributed by atoms with E-state index in [2.05, 4.69) is 27.3 Å². The number of aromatic nitrogens is 4. The first-order valence-electron chi connectivity index (χ1n) is 14.4. The number of nitrogens with two attached hydrogens (primary N) is 1. The van der Waals surface area contributed by atoms with Gasteiger partial charge >= 0.3 is 0 Å². The van der Waals surface area contributed by atoms with Gasteiger partial charge in [0.15, 0.2) is 11.5 Å². The number of aryl methyl sites for hydroxylation is 1. The van der Waals surface area contributed by atoms with E-state index < -0.39 is 12.7 Å². The third kappa shape index (κ3) is 4.71. The van der Waals surface area contributed by atoms with Crippen LogP contribution in [0.3, 0.4) is 0 Å². The second kappa shape index (κ2) is 10.1. The molecule has 4 N–H and O–H groups in total. The zero-order valence-electron chi connectivity index (χ0n) is 23.0. The first kappa shape index (κ1) is 25.9. The molecule has 1 saturated heterocycles. The normalized spacial score (nSPS) is 21.2. The molecule has 1 unspecified atom stereocenters. The van der Waals surface area contributed by atoms with Gasteiger partial charge in [-0.2, -0.15) is 0 Å². The molecule has 4 aromatic rings. The van der Waals surface area contributed by atoms with Crippen molar-refractivity contribution in [2.24, 2.45) is 24.6 Å². The van der Waals surface area contributed by atoms with Crippen LogP contribution in [-0.2, 0) is 18.4 Å². The van der Waals surface area contributed by atoms with Crippen LogP contribution in [0.2, 0.25) is 0 Å². The number of nitrogens with one attached hydrogen (secondary N) is 2. The van der Waals surface area contributed by atoms with Gasteiger partial charge in [0.05, 0.1) is 29.1 Å². The van der Waals surface area contributed by atoms with Gasteiger partial charge in [-0.25, -0.2) is 14.4 Å². The van der Waals surface area contributed by atoms with E-state index >= 15 is 0 Å². The van der Waals surface area contributed by atoms with Crippen molar-refractivity contribution < 1.29 is 18.7 Å². The zero-order valence-corrected chi connectivity index (χ0v) is 23.0. The third-order valence-corrected chi connectivity index (χ3v) is 8.59. The van der Waals surface area contributed by atoms with Crippen molar-refractivity contribution in [3.63, 3.8) is 0 Å². The van der Waals surface area contributed by atoms with Gasteiger partial charge in [0, 0.05) is 56.4 Å². The van der Waals surface area contributed by atoms with Crippen molar-refractivity contribution in [1.82, 2.24) is 29.7 Å². The number of imidazole rings is 1. The topological polar surface area (TPSA) is 129 Å². The van der Waals surface area contributed by atoms with Gasteiger partial charge in [-0.3, -0.25) is 9.59 Å². The fourth-order valence-corrected chi connectivity index (χ4v) is 6.21. The average molecular weight is 560 g/mol. The van der Waals surface area contributed by atoms with Crippen molar-refractivity contribution in [3.05, 3.63) is 41.6 Å². The summed E-state index contributed by atoms with van der Waals surface area (Å²) in [6.07, 6.45) is 3.26. The summed E-state index contributed by atoms with van der Waals surface area (Å²) in [5.41, 5.74) is 10.3. The van der Waals surface area contributed by atoms with E-state index in [1.807, 2.05) is 23.7 Å². The van der Waals surface area contributed by atoms with Gasteiger partial charge in [0.25, 0.3) is 5.91 Å². The Bertz CT molecular complexity index is 1670. The molecule has 11 heteroatoms. The van der Waals surface area contributed by atoms with Crippen LogP contribution in [-0.4, -0.2) is 63.3 Å². The molecule has 1 aliphatic carbocycles. The van der Waals surface area contributed by atoms with Gasteiger partial charge in [0.1, 0.15) is 17.9 Å². The Kier molecular flexibility index (Phi) is 6.41. The molecule has 0 radical (unpaired) electrons. The number of fused-ring (bicyclic) bond motifs is 3. The Labute approximate surface area is 236 Å². The molecule has 0 spiro atoms. The van der Waals surface area contributed by atoms with E-state index in [0.29, 0.717) is 60.9 Å². The molecule has 1 aromatic carbocycles. The number of amides is 2. The first-order chi connectivity index (χ1) is 19.9. The Morgan fingerprint density at radius 1 is 1.15 bits per heavy atom. The molecule has 7 rings (SSSR count). The lowest BCUT2D eigenvalue weighted by Crippen LogP contribution is -2.38. The van der Waals surface area contributed by atoms with Gasteiger partial charge < -0.3 is 30.2 Å². The summed E-state index contributed by atoms with van der Waals surface area (Å²) in [5, 5.41) is 6.84. The van der Waals surface area contributed by atoms with E-state index in [0.717, 1.165) is 34.7 Å². The van der Waals surface area contributed by atoms with Crippen LogP contribution in [0, 0.1) is 11.8 Å². The molecule has 3 aliphatic rings. The minimum atomic E-state index is -0.620. The largest absolute Gasteiger partial charge is 0.491 e. The van der Waals surface area contributed by atoms with Crippen LogP contribution in [0.25, 0.3) is 33.6 Å². The maximum atomic E-state index is 13.2. The number of pyridine rings is 1. The van der Waals surface area contributed by atoms with Gasteiger partial charge in [-0.1, -0.05) is 12.1 Å². The molecule has 3 atom stereocenters. The summed E-state index contributed by atoms with van der Waals surface area (Å²) < 4.78 is 23.8. The lowest BCUT2D eigenvalue weighted by atomic mass is 9.90. The quantitative estimate of drug-likeness (QED) is 0.289. The summed E-state index contributed by atoms with van der Waals surface area (Å²) in [4.78, 5) is 34.4. The lowest BCUT2D eigenvalue weighted by Gasteiger charge is -2.26. The summed E-state index contributed by atoms with van der Waals surface area (Å²) in [7, 11) is 1.94. The van der Waals surface area contributed by atoms with E-state index in [9.17, 15) is 14.0 Å². The van der Waals surface area contributed by atoms with Crippen molar-refractivity contribution in [2.75, 3.05) is 26.4 Å². The summed E-state index contributed by atoms with van der Waals surface area (Å²) in [6, 6.07) is 9.39. The Hall–Kier alpha value is -3.99. The smallest absolute Gasteiger partial charge is 0.253 e. The van der Waals surface area contributed by atoms with E-state index in [1.54, 1.807) is 6.07 Å². The maximum Gasteiger partial charge on any atom is 0.253 e. The minimum Gasteiger partial charge on any atom is -0.491 e. The standard InChI is InChI=1S/C30H34FN7O3/c1-37-28-22(10-21-26(36-28)19(8-20(32)11-31)13-34-30(21)40)35-29(37)23-9-18-3-2-4-24(27(18)38(23)14-16-5-6-16)41-15-17-7-25(39)33-12-17/h2-4,9-10,16-17,19-20H,5-8,11-15,32H2,1H3,(H,33,39)(H,34,40)/t17-,19?,20+/m1/s1. The number of carbonyl (C=O) groups excluding carboxylic acids is 2. The monoisotopic (exact) mass is 559 g/mol. The molecular formula is C30H34FN7O3. The predicted octanol–water partition coefficient (Wildman–Crippen LogP) is 3.03. The second-order valence-electron chi connectivity index (χ2n) is 11.8. The third-order valence-electron chi connectivity index (χ3n) is 8.59. The number of ether oxygens (including phenoxy) is 1. The molecule has 214 valence electrons. The van der Waals surface area contributed by atoms with Crippen LogP contribution in [0.5, 0.6) is 5.75 Å². The number of carbonyl (C=O) groups is 2. The number of rotatable bonds is 9. The highest BCUT2D eigenvalue weighted by Crippen LogP contribution is 2.39. The molecule has 10 nitrogen and oxygen atoms in total. The van der Waals surface area contributed by atoms with Crippen LogP contribution >= 0.6 is 0 Å². The first-order valence-corrected chi connectivity index (χ1v) is 14.4. The van der Waals surface area contributed by atoms with Gasteiger partial charge in [-0.15, -0.1) is 0 Å². The number of benzene rings is 1. The molecule has 41 heavy (non-hydrogen) atoms. The fraction of sp³-hybridized carbons (Fsp3) is 0.467. The van der Waals surface area contributed by atoms with Gasteiger partial charge in [-0.05, 0) is 43.4 Å². The number of hydrogen-bond donors (Lipinski definition) is 3. The molecule has 1 saturated carbocycles. The van der Waals surface area contributed by atoms with Crippen LogP contribution in [0.4, 0.5) is 4.39 Å². The van der Waals surface area contributed by atoms with Crippen LogP contribution < -0.4 is 21.1 Å². The number of halogens is 1. The minimum absolute atomic E-state index is 0.0717. The summed E-state index contributed by atoms with van der Waals surface area (Å²) in [6.45, 7) is 1.72. The summed E-state index contributed by atoms with van der Waals surface area (Å²) >= 11 is 0. The number of alkyl halides is 1. The Morgan fingerprint density at radius 2 is 2.00 bits per heavy atom. The fourth-order valence-electron chi connectivity index (χ4n) is 6.21. The van der Waals surface area contributed by atoms with Gasteiger partial charge in [0.2, 0.25) is 5.91 Å². The van der Waals surface area contributed by atoms with E-state index in [-0.39, 0.29) is 23.7 Å². The zero-order chi connectivity index (χ0) is 28.2. The van der Waals surface area contributed by atoms with Crippen LogP contribution in [0.1, 0.15) is 47.7 Å². The van der Waals surface area contributed by atoms with Crippen molar-refractivity contribution in [2.45, 2.75) is 44.2 Å². The number of para-hydroxylation sites is 1. The van der Waals surface area contributed by atoms with E-state index in [1.165, 1.54) is 12.8 Å². The van der Waals surface area contributed by atoms with Crippen molar-refractivity contribution >= 4 is 33.9 Å². The molecule has 5 heterocycles. The van der Waals surface area contributed by atoms with E-state index in [4.69, 9.17) is 20.4 Å². The average Bonchev–Trinajstić information content (AvgIpc) is 3.45. The SMILES string of the molecule is Cn1c(-c2cc3cccc(OC[C@H]4CNC(=O)C4)c3n2CC2CC2)nc2cc3c(nc21)C(C[C@H](N)CF)CNC3=O. The molecule has 2 aliphatic heterocycles. The Morgan fingerprint density at radius 3 is 2.76 bits per heavy atom. The molecular weight excluding hydrogens is 525 g/mol. The predicted molar refractivity (Wildman–Crippen MR) is 152 cm³/mol. The molecule has 2 fully saturated rings. The molecule has 2 amide bonds.